The summed E-state index contributed by atoms with van der Waals surface area (Å²) < 4.78 is 7.57. The quantitative estimate of drug-likeness (QED) is 0.152. The van der Waals surface area contributed by atoms with Crippen LogP contribution in [0, 0.1) is 0 Å². The fourth-order valence-corrected chi connectivity index (χ4v) is 7.27. The minimum Gasteiger partial charge on any atom is -0.387 e. The van der Waals surface area contributed by atoms with Crippen LogP contribution < -0.4 is 11.1 Å². The fourth-order valence-electron chi connectivity index (χ4n) is 7.27. The van der Waals surface area contributed by atoms with Gasteiger partial charge in [-0.1, -0.05) is 91.0 Å². The van der Waals surface area contributed by atoms with E-state index in [2.05, 4.69) is 37.4 Å². The molecule has 13 heteroatoms. The molecule has 0 unspecified atom stereocenters. The van der Waals surface area contributed by atoms with E-state index in [1.54, 1.807) is 5.01 Å². The summed E-state index contributed by atoms with van der Waals surface area (Å²) in [6.07, 6.45) is -1.60. The molecule has 2 saturated heterocycles. The number of nitrogens with two attached hydrogens (primary N) is 1. The zero-order valence-corrected chi connectivity index (χ0v) is 28.3. The van der Waals surface area contributed by atoms with E-state index in [9.17, 15) is 19.8 Å². The van der Waals surface area contributed by atoms with Crippen LogP contribution in [0.1, 0.15) is 59.2 Å². The van der Waals surface area contributed by atoms with Crippen molar-refractivity contribution in [1.82, 2.24) is 29.5 Å². The normalized spacial score (nSPS) is 22.1. The average Bonchev–Trinajstić information content (AvgIpc) is 3.87. The number of carbonyl (C=O) groups excluding carboxylic acids is 2. The van der Waals surface area contributed by atoms with E-state index in [-0.39, 0.29) is 29.2 Å². The Labute approximate surface area is 295 Å². The summed E-state index contributed by atoms with van der Waals surface area (Å²) in [6, 6.07) is 30.3. The zero-order chi connectivity index (χ0) is 35.5. The van der Waals surface area contributed by atoms with Crippen molar-refractivity contribution in [2.45, 2.75) is 62.7 Å². The van der Waals surface area contributed by atoms with Crippen LogP contribution in [0.15, 0.2) is 97.3 Å². The molecule has 0 spiro atoms. The maximum atomic E-state index is 14.0. The maximum Gasteiger partial charge on any atom is 0.286 e. The van der Waals surface area contributed by atoms with Gasteiger partial charge in [-0.15, -0.1) is 0 Å². The number of hydrazine groups is 1. The number of nitrogens with one attached hydrogen (secondary N) is 1. The monoisotopic (exact) mass is 690 g/mol. The highest BCUT2D eigenvalue weighted by Crippen LogP contribution is 2.35. The topological polar surface area (TPSA) is 172 Å². The van der Waals surface area contributed by atoms with E-state index in [4.69, 9.17) is 10.5 Å². The van der Waals surface area contributed by atoms with E-state index in [1.165, 1.54) is 16.5 Å². The van der Waals surface area contributed by atoms with Crippen molar-refractivity contribution in [3.63, 3.8) is 0 Å². The molecule has 5 N–H and O–H groups in total. The van der Waals surface area contributed by atoms with Crippen LogP contribution in [0.2, 0.25) is 0 Å². The molecule has 7 rings (SSSR count). The number of hydrogen-bond acceptors (Lipinski definition) is 10. The van der Waals surface area contributed by atoms with Crippen molar-refractivity contribution in [3.05, 3.63) is 120 Å². The summed E-state index contributed by atoms with van der Waals surface area (Å²) in [4.78, 5) is 39.8. The van der Waals surface area contributed by atoms with Gasteiger partial charge in [0, 0.05) is 31.6 Å². The van der Waals surface area contributed by atoms with Gasteiger partial charge in [-0.3, -0.25) is 19.2 Å². The number of nitrogens with zero attached hydrogens (tertiary/aromatic N) is 6. The molecule has 5 aromatic rings. The van der Waals surface area contributed by atoms with Crippen molar-refractivity contribution < 1.29 is 24.5 Å². The van der Waals surface area contributed by atoms with E-state index in [0.717, 1.165) is 30.4 Å². The van der Waals surface area contributed by atoms with Gasteiger partial charge in [0.15, 0.2) is 29.3 Å². The Balaban J connectivity index is 1.14. The van der Waals surface area contributed by atoms with E-state index >= 15 is 0 Å². The number of ether oxygens (including phenoxy) is 1. The van der Waals surface area contributed by atoms with E-state index in [0.29, 0.717) is 25.2 Å². The van der Waals surface area contributed by atoms with Crippen molar-refractivity contribution in [2.24, 2.45) is 5.73 Å². The number of aliphatic hydroxyl groups excluding tert-OH is 2. The van der Waals surface area contributed by atoms with Crippen LogP contribution in [0.25, 0.3) is 11.2 Å². The van der Waals surface area contributed by atoms with Crippen LogP contribution in [0.4, 0.5) is 5.82 Å². The van der Waals surface area contributed by atoms with Crippen molar-refractivity contribution in [1.29, 1.82) is 0 Å². The molecule has 2 aromatic heterocycles. The predicted octanol–water partition coefficient (Wildman–Crippen LogP) is 3.26. The average molecular weight is 691 g/mol. The number of rotatable bonds is 12. The molecule has 2 amide bonds. The Morgan fingerprint density at radius 1 is 0.961 bits per heavy atom. The van der Waals surface area contributed by atoms with E-state index in [1.807, 2.05) is 85.8 Å². The molecule has 0 bridgehead atoms. The summed E-state index contributed by atoms with van der Waals surface area (Å²) in [5.74, 6) is -1.37. The lowest BCUT2D eigenvalue weighted by molar-refractivity contribution is -0.167. The summed E-state index contributed by atoms with van der Waals surface area (Å²) in [6.45, 7) is 3.34. The molecule has 2 fully saturated rings. The third-order valence-electron chi connectivity index (χ3n) is 9.80. The number of anilines is 1. The van der Waals surface area contributed by atoms with Gasteiger partial charge in [0.1, 0.15) is 12.2 Å². The minimum absolute atomic E-state index is 0.0668. The third kappa shape index (κ3) is 6.93. The molecule has 4 heterocycles. The maximum absolute atomic E-state index is 14.0. The van der Waals surface area contributed by atoms with Gasteiger partial charge in [-0.25, -0.2) is 20.0 Å². The molecule has 2 aliphatic rings. The summed E-state index contributed by atoms with van der Waals surface area (Å²) >= 11 is 0. The van der Waals surface area contributed by atoms with Crippen molar-refractivity contribution in [2.75, 3.05) is 25.0 Å². The van der Waals surface area contributed by atoms with Crippen LogP contribution in [0.3, 0.4) is 0 Å². The molecule has 3 aromatic carbocycles. The highest BCUT2D eigenvalue weighted by Gasteiger charge is 2.50. The largest absolute Gasteiger partial charge is 0.387 e. The third-order valence-corrected chi connectivity index (χ3v) is 9.80. The number of aromatic nitrogens is 4. The Bertz CT molecular complexity index is 1920. The summed E-state index contributed by atoms with van der Waals surface area (Å²) in [5, 5.41) is 29.5. The number of amides is 2. The summed E-state index contributed by atoms with van der Waals surface area (Å²) in [5.41, 5.74) is 9.46. The van der Waals surface area contributed by atoms with Gasteiger partial charge in [0.25, 0.3) is 11.8 Å². The number of fused-ring (bicyclic) bond motifs is 1. The Morgan fingerprint density at radius 2 is 1.61 bits per heavy atom. The number of primary amides is 1. The first-order valence-electron chi connectivity index (χ1n) is 17.4. The first-order chi connectivity index (χ1) is 24.8. The lowest BCUT2D eigenvalue weighted by Gasteiger charge is -2.37. The predicted molar refractivity (Wildman–Crippen MR) is 190 cm³/mol. The van der Waals surface area contributed by atoms with Crippen molar-refractivity contribution in [3.8, 4) is 0 Å². The highest BCUT2D eigenvalue weighted by molar-refractivity contribution is 5.93. The Kier molecular flexibility index (Phi) is 10.0. The Hall–Kier alpha value is -5.21. The molecule has 0 radical (unpaired) electrons. The second-order valence-corrected chi connectivity index (χ2v) is 13.0. The minimum atomic E-state index is -1.53. The first kappa shape index (κ1) is 34.2. The van der Waals surface area contributed by atoms with Gasteiger partial charge >= 0.3 is 0 Å². The number of likely N-dealkylation sites (N-methyl/N-ethyl adjacent to an activating group) is 1. The Morgan fingerprint density at radius 3 is 2.24 bits per heavy atom. The number of carbonyl (C=O) groups is 2. The number of hydrogen-bond donors (Lipinski definition) is 4. The van der Waals surface area contributed by atoms with Crippen LogP contribution in [-0.2, 0) is 16.0 Å². The van der Waals surface area contributed by atoms with Crippen LogP contribution >= 0.6 is 0 Å². The highest BCUT2D eigenvalue weighted by atomic mass is 16.6. The molecule has 5 atom stereocenters. The van der Waals surface area contributed by atoms with Gasteiger partial charge < -0.3 is 26.0 Å². The van der Waals surface area contributed by atoms with Gasteiger partial charge in [-0.05, 0) is 42.9 Å². The first-order valence-corrected chi connectivity index (χ1v) is 17.4. The molecule has 264 valence electrons. The van der Waals surface area contributed by atoms with Gasteiger partial charge in [0.05, 0.1) is 6.33 Å². The molecular weight excluding hydrogens is 648 g/mol. The fraction of sp³-hybridized carbons (Fsp3) is 0.342. The standard InChI is InChI=1S/C38H42N8O5/c1-2-45(46-20-12-19-27(46)21-24-13-6-3-7-14-24)37(50)32-30(47)31(48)38(51-32)44-23-41-29-34(42-35(33(39)49)43-36(29)44)40-22-28(25-15-8-4-9-16-25)26-17-10-5-11-18-26/h3-11,13-18,23,27-28,30-32,38,47-48H,2,12,19-22H2,1H3,(H2,39,49)(H,40,42,43)/t27-,30+,31-,32+,38-/m1/s1. The second kappa shape index (κ2) is 15.0. The molecule has 0 saturated carbocycles. The van der Waals surface area contributed by atoms with Crippen LogP contribution in [0.5, 0.6) is 0 Å². The molecular formula is C38H42N8O5. The number of benzene rings is 3. The summed E-state index contributed by atoms with van der Waals surface area (Å²) in [7, 11) is 0. The van der Waals surface area contributed by atoms with Gasteiger partial charge in [0.2, 0.25) is 5.82 Å². The SMILES string of the molecule is CCN(C(=O)[C@H]1O[C@@H](n2cnc3c(NCC(c4ccccc4)c4ccccc4)nc(C(N)=O)nc32)[C@H](O)[C@@H]1O)N1CCC[C@@H]1Cc1ccccc1. The second-order valence-electron chi connectivity index (χ2n) is 13.0. The molecule has 0 aliphatic carbocycles. The number of imidazole rings is 1. The lowest BCUT2D eigenvalue weighted by atomic mass is 9.91. The number of aliphatic hydroxyl groups is 2. The zero-order valence-electron chi connectivity index (χ0n) is 28.3. The van der Waals surface area contributed by atoms with Crippen molar-refractivity contribution >= 4 is 28.8 Å². The van der Waals surface area contributed by atoms with Crippen LogP contribution in [-0.4, -0.2) is 95.6 Å². The van der Waals surface area contributed by atoms with E-state index < -0.39 is 36.4 Å². The van der Waals surface area contributed by atoms with Gasteiger partial charge in [-0.2, -0.15) is 0 Å². The lowest BCUT2D eigenvalue weighted by Crippen LogP contribution is -2.54. The molecule has 13 nitrogen and oxygen atoms in total. The molecule has 51 heavy (non-hydrogen) atoms. The molecule has 2 aliphatic heterocycles. The smallest absolute Gasteiger partial charge is 0.286 e.